The number of hydrogen-bond acceptors (Lipinski definition) is 8. The van der Waals surface area contributed by atoms with Crippen molar-refractivity contribution in [2.24, 2.45) is 0 Å². The Kier molecular flexibility index (Phi) is 15.8. The zero-order valence-electron chi connectivity index (χ0n) is 29.3. The Morgan fingerprint density at radius 3 is 1.64 bits per heavy atom. The topological polar surface area (TPSA) is 152 Å². The van der Waals surface area contributed by atoms with Gasteiger partial charge in [0.05, 0.1) is 0 Å². The van der Waals surface area contributed by atoms with E-state index in [0.717, 1.165) is 16.7 Å². The Hall–Kier alpha value is -4.84. The van der Waals surface area contributed by atoms with Crippen molar-refractivity contribution in [2.45, 2.75) is 83.3 Å². The summed E-state index contributed by atoms with van der Waals surface area (Å²) in [6.45, 7) is 6.75. The fourth-order valence-corrected chi connectivity index (χ4v) is 5.31. The summed E-state index contributed by atoms with van der Waals surface area (Å²) >= 11 is 1.51. The van der Waals surface area contributed by atoms with E-state index in [0.29, 0.717) is 12.2 Å². The van der Waals surface area contributed by atoms with Crippen molar-refractivity contribution in [1.29, 1.82) is 0 Å². The molecule has 0 saturated carbocycles. The number of thioether (sulfide) groups is 1. The van der Waals surface area contributed by atoms with E-state index in [1.165, 1.54) is 18.7 Å². The largest absolute Gasteiger partial charge is 0.458 e. The third-order valence-electron chi connectivity index (χ3n) is 7.39. The number of esters is 1. The van der Waals surface area contributed by atoms with Gasteiger partial charge in [0.15, 0.2) is 0 Å². The SMILES string of the molecule is CSCC[C@H](NC(=O)OCc1ccccc1)C(=O)N[C@@H](Cc1ccccc1)C(=O)N[C@@H](C)C(=O)N[C@@H](Cc1ccccc1)C(=O)OC(C)(C)C. The number of ether oxygens (including phenoxy) is 2. The minimum Gasteiger partial charge on any atom is -0.458 e. The van der Waals surface area contributed by atoms with Gasteiger partial charge in [0, 0.05) is 12.8 Å². The molecule has 12 heteroatoms. The number of rotatable bonds is 17. The molecular weight excluding hydrogens is 657 g/mol. The maximum absolute atomic E-state index is 13.7. The van der Waals surface area contributed by atoms with E-state index in [2.05, 4.69) is 21.3 Å². The van der Waals surface area contributed by atoms with E-state index >= 15 is 0 Å². The van der Waals surface area contributed by atoms with Crippen molar-refractivity contribution >= 4 is 41.5 Å². The molecular formula is C38H48N4O7S. The van der Waals surface area contributed by atoms with Gasteiger partial charge in [0.2, 0.25) is 17.7 Å². The summed E-state index contributed by atoms with van der Waals surface area (Å²) in [6.07, 6.45) is 1.72. The second-order valence-corrected chi connectivity index (χ2v) is 13.8. The lowest BCUT2D eigenvalue weighted by Crippen LogP contribution is -2.58. The number of carbonyl (C=O) groups is 5. The predicted molar refractivity (Wildman–Crippen MR) is 194 cm³/mol. The van der Waals surface area contributed by atoms with Gasteiger partial charge in [-0.25, -0.2) is 9.59 Å². The molecule has 50 heavy (non-hydrogen) atoms. The van der Waals surface area contributed by atoms with Crippen LogP contribution in [0.15, 0.2) is 91.0 Å². The van der Waals surface area contributed by atoms with E-state index in [9.17, 15) is 24.0 Å². The molecule has 268 valence electrons. The molecule has 0 aromatic heterocycles. The monoisotopic (exact) mass is 704 g/mol. The predicted octanol–water partition coefficient (Wildman–Crippen LogP) is 4.34. The van der Waals surface area contributed by atoms with Crippen LogP contribution in [0.5, 0.6) is 0 Å². The van der Waals surface area contributed by atoms with Crippen LogP contribution in [0.4, 0.5) is 4.79 Å². The Morgan fingerprint density at radius 2 is 1.12 bits per heavy atom. The van der Waals surface area contributed by atoms with Gasteiger partial charge in [-0.3, -0.25) is 14.4 Å². The number of amides is 4. The molecule has 0 aliphatic rings. The minimum atomic E-state index is -1.09. The quantitative estimate of drug-likeness (QED) is 0.152. The van der Waals surface area contributed by atoms with Crippen molar-refractivity contribution in [1.82, 2.24) is 21.3 Å². The number of nitrogens with one attached hydrogen (secondary N) is 4. The van der Waals surface area contributed by atoms with Crippen LogP contribution < -0.4 is 21.3 Å². The Balaban J connectivity index is 1.72. The zero-order valence-corrected chi connectivity index (χ0v) is 30.1. The van der Waals surface area contributed by atoms with Gasteiger partial charge in [0.1, 0.15) is 36.4 Å². The molecule has 0 unspecified atom stereocenters. The average Bonchev–Trinajstić information content (AvgIpc) is 3.09. The summed E-state index contributed by atoms with van der Waals surface area (Å²) in [5.41, 5.74) is 1.61. The fourth-order valence-electron chi connectivity index (χ4n) is 4.84. The first kappa shape index (κ1) is 39.6. The molecule has 11 nitrogen and oxygen atoms in total. The summed E-state index contributed by atoms with van der Waals surface area (Å²) in [5.74, 6) is -1.83. The van der Waals surface area contributed by atoms with Gasteiger partial charge in [-0.1, -0.05) is 91.0 Å². The highest BCUT2D eigenvalue weighted by molar-refractivity contribution is 7.98. The third kappa shape index (κ3) is 14.3. The van der Waals surface area contributed by atoms with E-state index in [1.807, 2.05) is 97.3 Å². The molecule has 4 atom stereocenters. The number of alkyl carbamates (subject to hydrolysis) is 1. The van der Waals surface area contributed by atoms with E-state index in [4.69, 9.17) is 9.47 Å². The van der Waals surface area contributed by atoms with Gasteiger partial charge in [-0.2, -0.15) is 11.8 Å². The molecule has 0 radical (unpaired) electrons. The molecule has 4 amide bonds. The van der Waals surface area contributed by atoms with Crippen molar-refractivity contribution in [2.75, 3.05) is 12.0 Å². The first-order valence-corrected chi connectivity index (χ1v) is 17.9. The van der Waals surface area contributed by atoms with Crippen molar-refractivity contribution in [3.05, 3.63) is 108 Å². The summed E-state index contributed by atoms with van der Waals surface area (Å²) in [4.78, 5) is 66.4. The molecule has 0 bridgehead atoms. The minimum absolute atomic E-state index is 0.0304. The average molecular weight is 705 g/mol. The highest BCUT2D eigenvalue weighted by atomic mass is 32.2. The summed E-state index contributed by atoms with van der Waals surface area (Å²) in [5, 5.41) is 10.8. The fraction of sp³-hybridized carbons (Fsp3) is 0.395. The Bertz CT molecular complexity index is 1530. The maximum Gasteiger partial charge on any atom is 0.408 e. The Labute approximate surface area is 298 Å². The number of hydrogen-bond donors (Lipinski definition) is 4. The van der Waals surface area contributed by atoms with Crippen molar-refractivity contribution in [3.8, 4) is 0 Å². The lowest BCUT2D eigenvalue weighted by atomic mass is 10.0. The zero-order chi connectivity index (χ0) is 36.5. The molecule has 0 spiro atoms. The number of carbonyl (C=O) groups excluding carboxylic acids is 5. The molecule has 3 rings (SSSR count). The van der Waals surface area contributed by atoms with Crippen LogP contribution in [0.1, 0.15) is 50.8 Å². The van der Waals surface area contributed by atoms with Crippen molar-refractivity contribution < 1.29 is 33.4 Å². The van der Waals surface area contributed by atoms with Gasteiger partial charge >= 0.3 is 12.1 Å². The summed E-state index contributed by atoms with van der Waals surface area (Å²) in [6, 6.07) is 23.3. The molecule has 0 aliphatic heterocycles. The van der Waals surface area contributed by atoms with Gasteiger partial charge in [-0.15, -0.1) is 0 Å². The first-order chi connectivity index (χ1) is 23.8. The molecule has 0 fully saturated rings. The van der Waals surface area contributed by atoms with Crippen LogP contribution in [0.25, 0.3) is 0 Å². The molecule has 0 heterocycles. The first-order valence-electron chi connectivity index (χ1n) is 16.5. The van der Waals surface area contributed by atoms with Gasteiger partial charge in [-0.05, 0) is 62.8 Å². The second kappa shape index (κ2) is 20.0. The van der Waals surface area contributed by atoms with Crippen LogP contribution >= 0.6 is 11.8 Å². The highest BCUT2D eigenvalue weighted by Crippen LogP contribution is 2.13. The Morgan fingerprint density at radius 1 is 0.640 bits per heavy atom. The summed E-state index contributed by atoms with van der Waals surface area (Å²) < 4.78 is 10.9. The molecule has 0 saturated heterocycles. The van der Waals surface area contributed by atoms with Crippen LogP contribution in [-0.2, 0) is 48.1 Å². The van der Waals surface area contributed by atoms with Crippen LogP contribution in [-0.4, -0.2) is 71.6 Å². The number of benzene rings is 3. The van der Waals surface area contributed by atoms with Crippen LogP contribution in [0.2, 0.25) is 0 Å². The van der Waals surface area contributed by atoms with Gasteiger partial charge < -0.3 is 30.7 Å². The lowest BCUT2D eigenvalue weighted by molar-refractivity contribution is -0.158. The van der Waals surface area contributed by atoms with E-state index < -0.39 is 59.6 Å². The molecule has 3 aromatic rings. The standard InChI is InChI=1S/C38H48N4O7S/c1-26(33(43)41-32(36(46)49-38(2,3)4)24-28-17-11-7-12-18-28)39-35(45)31(23-27-15-9-6-10-16-27)40-34(44)30(21-22-50-5)42-37(47)48-25-29-19-13-8-14-20-29/h6-20,26,30-32H,21-25H2,1-5H3,(H,39,45)(H,40,44)(H,41,43)(H,42,47)/t26-,30-,31-,32-/m0/s1. The van der Waals surface area contributed by atoms with Gasteiger partial charge in [0.25, 0.3) is 0 Å². The smallest absolute Gasteiger partial charge is 0.408 e. The summed E-state index contributed by atoms with van der Waals surface area (Å²) in [7, 11) is 0. The van der Waals surface area contributed by atoms with E-state index in [1.54, 1.807) is 20.8 Å². The second-order valence-electron chi connectivity index (χ2n) is 12.8. The van der Waals surface area contributed by atoms with Crippen molar-refractivity contribution in [3.63, 3.8) is 0 Å². The lowest BCUT2D eigenvalue weighted by Gasteiger charge is -2.27. The van der Waals surface area contributed by atoms with Crippen LogP contribution in [0.3, 0.4) is 0 Å². The third-order valence-corrected chi connectivity index (χ3v) is 8.03. The maximum atomic E-state index is 13.7. The van der Waals surface area contributed by atoms with Crippen LogP contribution in [0, 0.1) is 0 Å². The van der Waals surface area contributed by atoms with E-state index in [-0.39, 0.29) is 19.4 Å². The molecule has 3 aromatic carbocycles. The normalized spacial score (nSPS) is 13.5. The molecule has 0 aliphatic carbocycles. The molecule has 4 N–H and O–H groups in total. The highest BCUT2D eigenvalue weighted by Gasteiger charge is 2.31.